The van der Waals surface area contributed by atoms with Crippen LogP contribution in [0.4, 0.5) is 10.5 Å². The second kappa shape index (κ2) is 6.63. The third-order valence-corrected chi connectivity index (χ3v) is 4.60. The lowest BCUT2D eigenvalue weighted by atomic mass is 10.0. The number of aryl methyl sites for hydroxylation is 2. The van der Waals surface area contributed by atoms with E-state index in [4.69, 9.17) is 11.6 Å². The smallest absolute Gasteiger partial charge is 0.317 e. The number of hydrogen-bond acceptors (Lipinski definition) is 1. The Morgan fingerprint density at radius 3 is 2.57 bits per heavy atom. The highest BCUT2D eigenvalue weighted by molar-refractivity contribution is 6.31. The lowest BCUT2D eigenvalue weighted by molar-refractivity contribution is 0.207. The molecule has 0 radical (unpaired) electrons. The lowest BCUT2D eigenvalue weighted by Gasteiger charge is -2.26. The summed E-state index contributed by atoms with van der Waals surface area (Å²) >= 11 is 6.32. The van der Waals surface area contributed by atoms with Crippen molar-refractivity contribution in [1.82, 2.24) is 4.90 Å². The van der Waals surface area contributed by atoms with E-state index in [9.17, 15) is 4.79 Å². The Morgan fingerprint density at radius 2 is 1.87 bits per heavy atom. The average molecular weight is 329 g/mol. The summed E-state index contributed by atoms with van der Waals surface area (Å²) in [4.78, 5) is 14.6. The fraction of sp³-hybridized carbons (Fsp3) is 0.316. The Morgan fingerprint density at radius 1 is 1.17 bits per heavy atom. The van der Waals surface area contributed by atoms with Crippen LogP contribution in [-0.2, 0) is 0 Å². The number of amides is 2. The van der Waals surface area contributed by atoms with Gasteiger partial charge in [0.25, 0.3) is 0 Å². The van der Waals surface area contributed by atoms with Crippen LogP contribution >= 0.6 is 11.6 Å². The molecule has 3 rings (SSSR count). The highest BCUT2D eigenvalue weighted by Gasteiger charge is 2.31. The van der Waals surface area contributed by atoms with Gasteiger partial charge < -0.3 is 10.2 Å². The van der Waals surface area contributed by atoms with Gasteiger partial charge in [-0.1, -0.05) is 35.9 Å². The number of rotatable bonds is 2. The van der Waals surface area contributed by atoms with Gasteiger partial charge in [0, 0.05) is 17.3 Å². The summed E-state index contributed by atoms with van der Waals surface area (Å²) < 4.78 is 0. The molecule has 1 saturated heterocycles. The number of carbonyl (C=O) groups is 1. The molecular formula is C19H21ClN2O. The number of nitrogens with zero attached hydrogens (tertiary/aromatic N) is 1. The predicted octanol–water partition coefficient (Wildman–Crippen LogP) is 5.33. The Labute approximate surface area is 142 Å². The van der Waals surface area contributed by atoms with Crippen molar-refractivity contribution >= 4 is 23.3 Å². The molecule has 0 unspecified atom stereocenters. The van der Waals surface area contributed by atoms with Crippen LogP contribution in [0.1, 0.15) is 35.6 Å². The molecule has 23 heavy (non-hydrogen) atoms. The molecule has 0 spiro atoms. The Hall–Kier alpha value is -2.00. The molecule has 4 heteroatoms. The van der Waals surface area contributed by atoms with Crippen LogP contribution in [0, 0.1) is 13.8 Å². The first-order chi connectivity index (χ1) is 11.0. The van der Waals surface area contributed by atoms with Crippen LogP contribution in [0.15, 0.2) is 42.5 Å². The van der Waals surface area contributed by atoms with E-state index in [0.717, 1.165) is 46.8 Å². The minimum absolute atomic E-state index is 0.0506. The number of nitrogens with one attached hydrogen (secondary N) is 1. The highest BCUT2D eigenvalue weighted by atomic mass is 35.5. The van der Waals surface area contributed by atoms with Gasteiger partial charge in [0.15, 0.2) is 0 Å². The predicted molar refractivity (Wildman–Crippen MR) is 95.1 cm³/mol. The topological polar surface area (TPSA) is 32.3 Å². The van der Waals surface area contributed by atoms with Crippen LogP contribution in [0.3, 0.4) is 0 Å². The Kier molecular flexibility index (Phi) is 4.58. The van der Waals surface area contributed by atoms with Gasteiger partial charge in [-0.15, -0.1) is 0 Å². The minimum atomic E-state index is -0.0579. The molecule has 2 aromatic carbocycles. The molecule has 0 aliphatic carbocycles. The molecule has 0 saturated carbocycles. The molecule has 0 bridgehead atoms. The van der Waals surface area contributed by atoms with E-state index in [0.29, 0.717) is 0 Å². The molecule has 1 atom stereocenters. The maximum absolute atomic E-state index is 12.7. The average Bonchev–Trinajstić information content (AvgIpc) is 2.96. The van der Waals surface area contributed by atoms with E-state index in [1.54, 1.807) is 0 Å². The number of benzene rings is 2. The largest absolute Gasteiger partial charge is 0.322 e. The van der Waals surface area contributed by atoms with Crippen molar-refractivity contribution in [2.24, 2.45) is 0 Å². The minimum Gasteiger partial charge on any atom is -0.317 e. The summed E-state index contributed by atoms with van der Waals surface area (Å²) in [6.45, 7) is 4.82. The van der Waals surface area contributed by atoms with Crippen LogP contribution in [0.25, 0.3) is 0 Å². The molecule has 1 N–H and O–H groups in total. The van der Waals surface area contributed by atoms with Gasteiger partial charge in [0.2, 0.25) is 0 Å². The van der Waals surface area contributed by atoms with Gasteiger partial charge in [-0.25, -0.2) is 4.79 Å². The van der Waals surface area contributed by atoms with E-state index in [-0.39, 0.29) is 12.1 Å². The fourth-order valence-corrected chi connectivity index (χ4v) is 3.58. The van der Waals surface area contributed by atoms with E-state index < -0.39 is 0 Å². The lowest BCUT2D eigenvalue weighted by Crippen LogP contribution is -2.34. The first-order valence-electron chi connectivity index (χ1n) is 7.95. The molecule has 1 heterocycles. The zero-order valence-corrected chi connectivity index (χ0v) is 14.2. The van der Waals surface area contributed by atoms with Crippen LogP contribution < -0.4 is 5.32 Å². The van der Waals surface area contributed by atoms with Crippen LogP contribution in [-0.4, -0.2) is 17.5 Å². The maximum Gasteiger partial charge on any atom is 0.322 e. The molecule has 3 nitrogen and oxygen atoms in total. The molecular weight excluding hydrogens is 308 g/mol. The summed E-state index contributed by atoms with van der Waals surface area (Å²) in [6, 6.07) is 13.9. The molecule has 2 aromatic rings. The van der Waals surface area contributed by atoms with Gasteiger partial charge in [-0.05, 0) is 61.6 Å². The van der Waals surface area contributed by atoms with Gasteiger partial charge in [0.1, 0.15) is 0 Å². The summed E-state index contributed by atoms with van der Waals surface area (Å²) in [5, 5.41) is 3.75. The zero-order chi connectivity index (χ0) is 16.4. The number of likely N-dealkylation sites (tertiary alicyclic amines) is 1. The summed E-state index contributed by atoms with van der Waals surface area (Å²) in [7, 11) is 0. The van der Waals surface area contributed by atoms with E-state index in [1.807, 2.05) is 55.1 Å². The Bertz CT molecular complexity index is 709. The summed E-state index contributed by atoms with van der Waals surface area (Å²) in [6.07, 6.45) is 1.94. The first kappa shape index (κ1) is 15.9. The van der Waals surface area contributed by atoms with Gasteiger partial charge in [-0.2, -0.15) is 0 Å². The molecule has 2 amide bonds. The monoisotopic (exact) mass is 328 g/mol. The summed E-state index contributed by atoms with van der Waals surface area (Å²) in [5.74, 6) is 0. The molecule has 1 fully saturated rings. The van der Waals surface area contributed by atoms with Gasteiger partial charge in [0.05, 0.1) is 6.04 Å². The maximum atomic E-state index is 12.7. The number of halogens is 1. The first-order valence-corrected chi connectivity index (χ1v) is 8.33. The quantitative estimate of drug-likeness (QED) is 0.794. The van der Waals surface area contributed by atoms with Crippen molar-refractivity contribution in [1.29, 1.82) is 0 Å². The normalized spacial score (nSPS) is 17.3. The van der Waals surface area contributed by atoms with Crippen molar-refractivity contribution in [2.45, 2.75) is 32.7 Å². The second-order valence-electron chi connectivity index (χ2n) is 6.18. The molecule has 1 aliphatic heterocycles. The third-order valence-electron chi connectivity index (χ3n) is 4.25. The third kappa shape index (κ3) is 3.50. The number of hydrogen-bond donors (Lipinski definition) is 1. The Balaban J connectivity index is 1.80. The molecule has 120 valence electrons. The van der Waals surface area contributed by atoms with Crippen molar-refractivity contribution in [3.63, 3.8) is 0 Å². The van der Waals surface area contributed by atoms with Crippen LogP contribution in [0.2, 0.25) is 5.02 Å². The number of carbonyl (C=O) groups excluding carboxylic acids is 1. The zero-order valence-electron chi connectivity index (χ0n) is 13.5. The van der Waals surface area contributed by atoms with Crippen molar-refractivity contribution in [3.05, 3.63) is 64.2 Å². The van der Waals surface area contributed by atoms with Crippen molar-refractivity contribution in [3.8, 4) is 0 Å². The van der Waals surface area contributed by atoms with Crippen molar-refractivity contribution in [2.75, 3.05) is 11.9 Å². The van der Waals surface area contributed by atoms with Gasteiger partial charge >= 0.3 is 6.03 Å². The molecule has 1 aliphatic rings. The standard InChI is InChI=1S/C19H21ClN2O/c1-13-10-14(2)12-15(11-13)21-19(23)22-9-5-8-18(22)16-6-3-4-7-17(16)20/h3-4,6-7,10-12,18H,5,8-9H2,1-2H3,(H,21,23)/t18-/m1/s1. The summed E-state index contributed by atoms with van der Waals surface area (Å²) in [5.41, 5.74) is 4.16. The SMILES string of the molecule is Cc1cc(C)cc(NC(=O)N2CCC[C@@H]2c2ccccc2Cl)c1. The molecule has 0 aromatic heterocycles. The van der Waals surface area contributed by atoms with Crippen LogP contribution in [0.5, 0.6) is 0 Å². The van der Waals surface area contributed by atoms with Gasteiger partial charge in [-0.3, -0.25) is 0 Å². The number of urea groups is 1. The van der Waals surface area contributed by atoms with Crippen molar-refractivity contribution < 1.29 is 4.79 Å². The van der Waals surface area contributed by atoms with E-state index in [1.165, 1.54) is 0 Å². The second-order valence-corrected chi connectivity index (χ2v) is 6.59. The van der Waals surface area contributed by atoms with E-state index in [2.05, 4.69) is 11.4 Å². The highest BCUT2D eigenvalue weighted by Crippen LogP contribution is 2.36. The fourth-order valence-electron chi connectivity index (χ4n) is 3.32. The van der Waals surface area contributed by atoms with E-state index >= 15 is 0 Å². The number of anilines is 1.